The summed E-state index contributed by atoms with van der Waals surface area (Å²) in [6, 6.07) is 0. The molecular formula is C10H19N. The monoisotopic (exact) mass is 153 g/mol. The maximum Gasteiger partial charge on any atom is -0.00204 e. The quantitative estimate of drug-likeness (QED) is 0.641. The molecule has 0 aromatic carbocycles. The lowest BCUT2D eigenvalue weighted by atomic mass is 9.77. The van der Waals surface area contributed by atoms with Gasteiger partial charge < -0.3 is 5.32 Å². The van der Waals surface area contributed by atoms with E-state index in [0.717, 1.165) is 11.8 Å². The minimum Gasteiger partial charge on any atom is -0.316 e. The van der Waals surface area contributed by atoms with Crippen molar-refractivity contribution in [2.45, 2.75) is 38.5 Å². The minimum absolute atomic E-state index is 1.02. The van der Waals surface area contributed by atoms with Gasteiger partial charge >= 0.3 is 0 Å². The van der Waals surface area contributed by atoms with Crippen LogP contribution < -0.4 is 5.32 Å². The first-order valence-corrected chi connectivity index (χ1v) is 5.16. The molecule has 2 fully saturated rings. The Morgan fingerprint density at radius 3 is 2.36 bits per heavy atom. The van der Waals surface area contributed by atoms with E-state index in [1.54, 1.807) is 0 Å². The van der Waals surface area contributed by atoms with Gasteiger partial charge in [-0.05, 0) is 44.2 Å². The van der Waals surface area contributed by atoms with E-state index in [4.69, 9.17) is 0 Å². The fraction of sp³-hybridized carbons (Fsp3) is 1.00. The van der Waals surface area contributed by atoms with Gasteiger partial charge in [-0.3, -0.25) is 0 Å². The van der Waals surface area contributed by atoms with Crippen molar-refractivity contribution >= 4 is 0 Å². The number of piperidine rings is 1. The molecule has 1 heteroatoms. The molecule has 0 bridgehead atoms. The second kappa shape index (κ2) is 3.57. The van der Waals surface area contributed by atoms with Crippen molar-refractivity contribution in [2.24, 2.45) is 11.8 Å². The van der Waals surface area contributed by atoms with Crippen LogP contribution in [0.1, 0.15) is 38.5 Å². The van der Waals surface area contributed by atoms with Gasteiger partial charge in [-0.15, -0.1) is 0 Å². The molecule has 1 aliphatic carbocycles. The molecular weight excluding hydrogens is 134 g/mol. The lowest BCUT2D eigenvalue weighted by Crippen LogP contribution is -2.31. The predicted molar refractivity (Wildman–Crippen MR) is 47.6 cm³/mol. The topological polar surface area (TPSA) is 12.0 Å². The Morgan fingerprint density at radius 2 is 1.82 bits per heavy atom. The minimum atomic E-state index is 1.02. The Balaban J connectivity index is 1.67. The third-order valence-corrected chi connectivity index (χ3v) is 3.29. The van der Waals surface area contributed by atoms with Crippen molar-refractivity contribution in [3.63, 3.8) is 0 Å². The van der Waals surface area contributed by atoms with Crippen LogP contribution >= 0.6 is 0 Å². The highest BCUT2D eigenvalue weighted by molar-refractivity contribution is 4.76. The predicted octanol–water partition coefficient (Wildman–Crippen LogP) is 2.18. The van der Waals surface area contributed by atoms with Crippen molar-refractivity contribution in [1.82, 2.24) is 5.32 Å². The van der Waals surface area contributed by atoms with Gasteiger partial charge in [-0.2, -0.15) is 0 Å². The lowest BCUT2D eigenvalue weighted by Gasteiger charge is -2.31. The smallest absolute Gasteiger partial charge is 0.00204 e. The molecule has 1 heterocycles. The Kier molecular flexibility index (Phi) is 2.47. The van der Waals surface area contributed by atoms with Gasteiger partial charge in [0.15, 0.2) is 0 Å². The third-order valence-electron chi connectivity index (χ3n) is 3.29. The molecule has 1 N–H and O–H groups in total. The van der Waals surface area contributed by atoms with E-state index in [2.05, 4.69) is 5.32 Å². The first-order valence-electron chi connectivity index (χ1n) is 5.16. The second-order valence-corrected chi connectivity index (χ2v) is 4.25. The molecule has 2 aliphatic rings. The molecule has 1 saturated carbocycles. The van der Waals surface area contributed by atoms with Crippen LogP contribution in [0.5, 0.6) is 0 Å². The summed E-state index contributed by atoms with van der Waals surface area (Å²) in [7, 11) is 0. The van der Waals surface area contributed by atoms with E-state index in [1.165, 1.54) is 51.6 Å². The van der Waals surface area contributed by atoms with E-state index >= 15 is 0 Å². The van der Waals surface area contributed by atoms with Crippen molar-refractivity contribution in [3.05, 3.63) is 0 Å². The second-order valence-electron chi connectivity index (χ2n) is 4.25. The molecule has 0 amide bonds. The first kappa shape index (κ1) is 7.60. The van der Waals surface area contributed by atoms with E-state index in [9.17, 15) is 0 Å². The Bertz CT molecular complexity index is 112. The maximum atomic E-state index is 3.49. The van der Waals surface area contributed by atoms with Gasteiger partial charge in [0.1, 0.15) is 0 Å². The molecule has 1 atom stereocenters. The zero-order valence-corrected chi connectivity index (χ0v) is 7.31. The summed E-state index contributed by atoms with van der Waals surface area (Å²) >= 11 is 0. The van der Waals surface area contributed by atoms with Crippen LogP contribution in [0.3, 0.4) is 0 Å². The van der Waals surface area contributed by atoms with Gasteiger partial charge in [0.25, 0.3) is 0 Å². The van der Waals surface area contributed by atoms with Crippen LogP contribution in [0, 0.1) is 11.8 Å². The summed E-state index contributed by atoms with van der Waals surface area (Å²) in [6.45, 7) is 2.57. The van der Waals surface area contributed by atoms with Gasteiger partial charge in [0.05, 0.1) is 0 Å². The molecule has 0 spiro atoms. The van der Waals surface area contributed by atoms with Crippen LogP contribution in [-0.4, -0.2) is 13.1 Å². The SMILES string of the molecule is C1CC(C[C@@H]2CCCNC2)C1. The summed E-state index contributed by atoms with van der Waals surface area (Å²) in [4.78, 5) is 0. The maximum absolute atomic E-state index is 3.49. The Morgan fingerprint density at radius 1 is 1.00 bits per heavy atom. The molecule has 0 radical (unpaired) electrons. The Labute approximate surface area is 69.6 Å². The fourth-order valence-corrected chi connectivity index (χ4v) is 2.33. The molecule has 1 saturated heterocycles. The number of nitrogens with one attached hydrogen (secondary N) is 1. The van der Waals surface area contributed by atoms with Crippen LogP contribution in [0.4, 0.5) is 0 Å². The summed E-state index contributed by atoms with van der Waals surface area (Å²) in [5.74, 6) is 2.13. The van der Waals surface area contributed by atoms with Gasteiger partial charge in [0.2, 0.25) is 0 Å². The lowest BCUT2D eigenvalue weighted by molar-refractivity contribution is 0.224. The van der Waals surface area contributed by atoms with Crippen LogP contribution in [0.15, 0.2) is 0 Å². The normalized spacial score (nSPS) is 33.3. The molecule has 1 nitrogen and oxygen atoms in total. The first-order chi connectivity index (χ1) is 5.45. The third kappa shape index (κ3) is 1.96. The highest BCUT2D eigenvalue weighted by Crippen LogP contribution is 2.33. The number of hydrogen-bond acceptors (Lipinski definition) is 1. The highest BCUT2D eigenvalue weighted by atomic mass is 14.9. The van der Waals surface area contributed by atoms with E-state index in [0.29, 0.717) is 0 Å². The summed E-state index contributed by atoms with van der Waals surface area (Å²) < 4.78 is 0. The molecule has 0 aromatic heterocycles. The van der Waals surface area contributed by atoms with Crippen molar-refractivity contribution in [1.29, 1.82) is 0 Å². The molecule has 11 heavy (non-hydrogen) atoms. The fourth-order valence-electron chi connectivity index (χ4n) is 2.33. The van der Waals surface area contributed by atoms with Crippen molar-refractivity contribution in [3.8, 4) is 0 Å². The standard InChI is InChI=1S/C10H19N/c1-3-9(4-1)7-10-5-2-6-11-8-10/h9-11H,1-8H2/t10-/m0/s1. The van der Waals surface area contributed by atoms with Crippen LogP contribution in [-0.2, 0) is 0 Å². The van der Waals surface area contributed by atoms with Crippen LogP contribution in [0.2, 0.25) is 0 Å². The number of hydrogen-bond donors (Lipinski definition) is 1. The van der Waals surface area contributed by atoms with Crippen molar-refractivity contribution < 1.29 is 0 Å². The summed E-state index contributed by atoms with van der Waals surface area (Å²) in [6.07, 6.45) is 8.98. The summed E-state index contributed by atoms with van der Waals surface area (Å²) in [5.41, 5.74) is 0. The summed E-state index contributed by atoms with van der Waals surface area (Å²) in [5, 5.41) is 3.49. The Hall–Kier alpha value is -0.0400. The van der Waals surface area contributed by atoms with Crippen LogP contribution in [0.25, 0.3) is 0 Å². The van der Waals surface area contributed by atoms with E-state index < -0.39 is 0 Å². The molecule has 2 rings (SSSR count). The molecule has 0 unspecified atom stereocenters. The van der Waals surface area contributed by atoms with Crippen molar-refractivity contribution in [2.75, 3.05) is 13.1 Å². The van der Waals surface area contributed by atoms with E-state index in [1.807, 2.05) is 0 Å². The largest absolute Gasteiger partial charge is 0.316 e. The highest BCUT2D eigenvalue weighted by Gasteiger charge is 2.22. The zero-order valence-electron chi connectivity index (χ0n) is 7.31. The number of rotatable bonds is 2. The van der Waals surface area contributed by atoms with Gasteiger partial charge in [-0.25, -0.2) is 0 Å². The van der Waals surface area contributed by atoms with Gasteiger partial charge in [-0.1, -0.05) is 19.3 Å². The zero-order chi connectivity index (χ0) is 7.52. The molecule has 1 aliphatic heterocycles. The molecule has 64 valence electrons. The van der Waals surface area contributed by atoms with E-state index in [-0.39, 0.29) is 0 Å². The molecule has 0 aromatic rings. The van der Waals surface area contributed by atoms with Gasteiger partial charge in [0, 0.05) is 0 Å². The average molecular weight is 153 g/mol. The average Bonchev–Trinajstić information content (AvgIpc) is 1.99.